The Morgan fingerprint density at radius 1 is 1.03 bits per heavy atom. The molecule has 0 spiro atoms. The molecule has 3 N–H and O–H groups in total. The highest BCUT2D eigenvalue weighted by molar-refractivity contribution is 6.02. The number of carbonyl (C=O) groups is 1. The molecule has 3 aromatic heterocycles. The number of hydrogen-bond donors (Lipinski definition) is 3. The van der Waals surface area contributed by atoms with Crippen molar-refractivity contribution >= 4 is 27.8 Å². The van der Waals surface area contributed by atoms with Crippen LogP contribution in [0.1, 0.15) is 29.1 Å². The van der Waals surface area contributed by atoms with Crippen molar-refractivity contribution in [3.8, 4) is 11.3 Å². The van der Waals surface area contributed by atoms with Crippen LogP contribution in [0.4, 0.5) is 4.39 Å². The van der Waals surface area contributed by atoms with E-state index >= 15 is 0 Å². The van der Waals surface area contributed by atoms with Gasteiger partial charge in [-0.3, -0.25) is 14.9 Å². The standard InChI is InChI=1S/C22H17FN6O/c1-12(14-4-2-3-5-16(14)23)25-22(30)21-26-18-10-15-17(11-19(18)27-21)28-29-20(15)13-6-8-24-9-7-13/h2-12,28-29H,1H3,(H,25,30). The summed E-state index contributed by atoms with van der Waals surface area (Å²) in [6, 6.07) is 13.4. The maximum absolute atomic E-state index is 14.0. The van der Waals surface area contributed by atoms with Crippen LogP contribution in [0.15, 0.2) is 60.9 Å². The molecule has 0 radical (unpaired) electrons. The third kappa shape index (κ3) is 3.08. The van der Waals surface area contributed by atoms with E-state index in [0.717, 1.165) is 22.2 Å². The zero-order valence-corrected chi connectivity index (χ0v) is 16.0. The molecule has 30 heavy (non-hydrogen) atoms. The summed E-state index contributed by atoms with van der Waals surface area (Å²) in [6.45, 7) is 1.72. The quantitative estimate of drug-likeness (QED) is 0.422. The van der Waals surface area contributed by atoms with E-state index in [9.17, 15) is 9.18 Å². The number of imidazole rings is 1. The van der Waals surface area contributed by atoms with Gasteiger partial charge in [-0.2, -0.15) is 0 Å². The van der Waals surface area contributed by atoms with E-state index in [1.165, 1.54) is 6.07 Å². The molecule has 8 heteroatoms. The van der Waals surface area contributed by atoms with Gasteiger partial charge in [-0.1, -0.05) is 18.2 Å². The second-order valence-electron chi connectivity index (χ2n) is 7.01. The van der Waals surface area contributed by atoms with Gasteiger partial charge < -0.3 is 10.4 Å². The van der Waals surface area contributed by atoms with Gasteiger partial charge in [0.25, 0.3) is 5.91 Å². The second kappa shape index (κ2) is 7.07. The zero-order chi connectivity index (χ0) is 20.7. The van der Waals surface area contributed by atoms with Gasteiger partial charge in [0, 0.05) is 28.9 Å². The van der Waals surface area contributed by atoms with Crippen LogP contribution in [0.5, 0.6) is 0 Å². The van der Waals surface area contributed by atoms with Crippen LogP contribution in [-0.2, 0) is 0 Å². The van der Waals surface area contributed by atoms with Crippen LogP contribution >= 0.6 is 0 Å². The lowest BCUT2D eigenvalue weighted by molar-refractivity contribution is 0.0930. The molecule has 0 aliphatic carbocycles. The molecule has 7 nitrogen and oxygen atoms in total. The van der Waals surface area contributed by atoms with Crippen molar-refractivity contribution in [1.29, 1.82) is 0 Å². The monoisotopic (exact) mass is 400 g/mol. The summed E-state index contributed by atoms with van der Waals surface area (Å²) < 4.78 is 14.0. The van der Waals surface area contributed by atoms with Crippen molar-refractivity contribution in [2.45, 2.75) is 13.0 Å². The molecule has 0 aliphatic rings. The van der Waals surface area contributed by atoms with Gasteiger partial charge in [0.1, 0.15) is 5.82 Å². The number of amides is 1. The van der Waals surface area contributed by atoms with Gasteiger partial charge in [0.05, 0.1) is 28.3 Å². The molecule has 2 aromatic carbocycles. The van der Waals surface area contributed by atoms with Gasteiger partial charge in [-0.15, -0.1) is 0 Å². The summed E-state index contributed by atoms with van der Waals surface area (Å²) >= 11 is 0. The first-order chi connectivity index (χ1) is 14.6. The van der Waals surface area contributed by atoms with Crippen LogP contribution in [0.2, 0.25) is 0 Å². The fourth-order valence-electron chi connectivity index (χ4n) is 3.53. The Morgan fingerprint density at radius 3 is 2.53 bits per heavy atom. The molecule has 1 atom stereocenters. The highest BCUT2D eigenvalue weighted by atomic mass is 19.1. The van der Waals surface area contributed by atoms with Crippen molar-refractivity contribution in [3.63, 3.8) is 0 Å². The highest BCUT2D eigenvalue weighted by Crippen LogP contribution is 2.29. The predicted molar refractivity (Wildman–Crippen MR) is 111 cm³/mol. The average molecular weight is 400 g/mol. The maximum atomic E-state index is 14.0. The van der Waals surface area contributed by atoms with Gasteiger partial charge in [0.2, 0.25) is 5.82 Å². The number of carbonyl (C=O) groups excluding carboxylic acids is 1. The Labute approximate surface area is 170 Å². The fraction of sp³-hybridized carbons (Fsp3) is 0.0909. The minimum atomic E-state index is -0.511. The molecule has 3 heterocycles. The molecular formula is C22H17FN6O. The molecule has 0 aliphatic heterocycles. The number of aromatic amines is 2. The second-order valence-corrected chi connectivity index (χ2v) is 7.01. The van der Waals surface area contributed by atoms with E-state index in [1.54, 1.807) is 37.5 Å². The van der Waals surface area contributed by atoms with E-state index < -0.39 is 11.9 Å². The van der Waals surface area contributed by atoms with Crippen LogP contribution in [-0.4, -0.2) is 31.1 Å². The van der Waals surface area contributed by atoms with E-state index in [1.807, 2.05) is 24.3 Å². The Balaban J connectivity index is 1.47. The Hall–Kier alpha value is -4.07. The van der Waals surface area contributed by atoms with Crippen LogP contribution < -0.4 is 5.32 Å². The summed E-state index contributed by atoms with van der Waals surface area (Å²) in [5.41, 5.74) is 4.34. The first kappa shape index (κ1) is 18.0. The van der Waals surface area contributed by atoms with E-state index in [-0.39, 0.29) is 11.6 Å². The SMILES string of the molecule is CC(NC(=O)c1nc2cc3[nH][nH]c(-c4ccncc4)c3cc2n1)c1ccccc1F. The summed E-state index contributed by atoms with van der Waals surface area (Å²) in [5.74, 6) is -0.769. The Kier molecular flexibility index (Phi) is 4.24. The van der Waals surface area contributed by atoms with Crippen molar-refractivity contribution in [2.75, 3.05) is 0 Å². The summed E-state index contributed by atoms with van der Waals surface area (Å²) in [7, 11) is 0. The Morgan fingerprint density at radius 2 is 1.77 bits per heavy atom. The first-order valence-corrected chi connectivity index (χ1v) is 9.43. The van der Waals surface area contributed by atoms with Crippen LogP contribution in [0.3, 0.4) is 0 Å². The van der Waals surface area contributed by atoms with E-state index in [0.29, 0.717) is 16.6 Å². The molecule has 1 amide bonds. The van der Waals surface area contributed by atoms with Crippen LogP contribution in [0.25, 0.3) is 33.2 Å². The number of hydrogen-bond acceptors (Lipinski definition) is 4. The fourth-order valence-corrected chi connectivity index (χ4v) is 3.53. The molecule has 5 rings (SSSR count). The van der Waals surface area contributed by atoms with Crippen molar-refractivity contribution < 1.29 is 9.18 Å². The van der Waals surface area contributed by atoms with Gasteiger partial charge >= 0.3 is 0 Å². The normalized spacial score (nSPS) is 12.3. The molecule has 0 bridgehead atoms. The summed E-state index contributed by atoms with van der Waals surface area (Å²) in [5, 5.41) is 9.97. The third-order valence-corrected chi connectivity index (χ3v) is 5.05. The topological polar surface area (TPSA) is 99.3 Å². The lowest BCUT2D eigenvalue weighted by Gasteiger charge is -2.13. The highest BCUT2D eigenvalue weighted by Gasteiger charge is 2.19. The van der Waals surface area contributed by atoms with E-state index in [2.05, 4.69) is 30.5 Å². The number of nitrogens with one attached hydrogen (secondary N) is 3. The number of rotatable bonds is 4. The van der Waals surface area contributed by atoms with Crippen LogP contribution in [0, 0.1) is 5.82 Å². The lowest BCUT2D eigenvalue weighted by atomic mass is 10.1. The van der Waals surface area contributed by atoms with E-state index in [4.69, 9.17) is 0 Å². The first-order valence-electron chi connectivity index (χ1n) is 9.43. The third-order valence-electron chi connectivity index (χ3n) is 5.05. The molecule has 1 unspecified atom stereocenters. The minimum Gasteiger partial charge on any atom is -0.343 e. The Bertz CT molecular complexity index is 1370. The minimum absolute atomic E-state index is 0.0512. The number of pyridine rings is 1. The van der Waals surface area contributed by atoms with Gasteiger partial charge in [-0.05, 0) is 37.3 Å². The number of H-pyrrole nitrogens is 2. The van der Waals surface area contributed by atoms with Crippen molar-refractivity contribution in [2.24, 2.45) is 0 Å². The number of aromatic nitrogens is 5. The molecule has 148 valence electrons. The smallest absolute Gasteiger partial charge is 0.289 e. The van der Waals surface area contributed by atoms with Crippen molar-refractivity contribution in [1.82, 2.24) is 30.5 Å². The van der Waals surface area contributed by atoms with Gasteiger partial charge in [-0.25, -0.2) is 14.4 Å². The number of nitrogens with zero attached hydrogens (tertiary/aromatic N) is 3. The summed E-state index contributed by atoms with van der Waals surface area (Å²) in [6.07, 6.45) is 3.45. The molecular weight excluding hydrogens is 383 g/mol. The predicted octanol–water partition coefficient (Wildman–Crippen LogP) is 4.13. The largest absolute Gasteiger partial charge is 0.343 e. The van der Waals surface area contributed by atoms with Crippen molar-refractivity contribution in [3.05, 3.63) is 78.1 Å². The summed E-state index contributed by atoms with van der Waals surface area (Å²) in [4.78, 5) is 25.4. The van der Waals surface area contributed by atoms with Gasteiger partial charge in [0.15, 0.2) is 0 Å². The number of benzene rings is 2. The maximum Gasteiger partial charge on any atom is 0.289 e. The molecule has 0 fully saturated rings. The zero-order valence-electron chi connectivity index (χ0n) is 16.0. The number of fused-ring (bicyclic) bond motifs is 2. The molecule has 5 aromatic rings. The molecule has 0 saturated heterocycles. The number of halogens is 1. The molecule has 0 saturated carbocycles. The average Bonchev–Trinajstić information content (AvgIpc) is 3.36. The lowest BCUT2D eigenvalue weighted by Crippen LogP contribution is -2.28.